The number of amidine groups is 1. The Balaban J connectivity index is 2.85. The average Bonchev–Trinajstić information content (AvgIpc) is 1.82. The van der Waals surface area contributed by atoms with Crippen LogP contribution in [0.15, 0.2) is 9.98 Å². The van der Waals surface area contributed by atoms with Crippen LogP contribution < -0.4 is 0 Å². The minimum Gasteiger partial charge on any atom is -0.221 e. The molecule has 56 valence electrons. The summed E-state index contributed by atoms with van der Waals surface area (Å²) in [4.78, 5) is 6.38. The zero-order valence-electron chi connectivity index (χ0n) is 5.81. The van der Waals surface area contributed by atoms with Gasteiger partial charge in [0.1, 0.15) is 0 Å². The van der Waals surface area contributed by atoms with E-state index in [0.29, 0.717) is 5.71 Å². The first-order valence-corrected chi connectivity index (χ1v) is 3.04. The van der Waals surface area contributed by atoms with Crippen molar-refractivity contribution in [2.75, 3.05) is 0 Å². The fraction of sp³-hybridized carbons (Fsp3) is 0.667. The van der Waals surface area contributed by atoms with Gasteiger partial charge in [0, 0.05) is 11.6 Å². The van der Waals surface area contributed by atoms with Crippen molar-refractivity contribution in [1.82, 2.24) is 0 Å². The van der Waals surface area contributed by atoms with Gasteiger partial charge in [-0.2, -0.15) is 4.39 Å². The molecule has 2 unspecified atom stereocenters. The molecule has 0 aromatic heterocycles. The molecular weight excluding hydrogens is 138 g/mol. The lowest BCUT2D eigenvalue weighted by atomic mass is 10.1. The highest BCUT2D eigenvalue weighted by Gasteiger charge is 2.23. The normalized spacial score (nSPS) is 33.2. The molecule has 1 aliphatic rings. The Labute approximate surface area is 57.7 Å². The molecule has 1 aliphatic heterocycles. The van der Waals surface area contributed by atoms with Crippen LogP contribution in [0, 0.1) is 5.92 Å². The van der Waals surface area contributed by atoms with Crippen LogP contribution in [0.2, 0.25) is 0 Å². The Kier molecular flexibility index (Phi) is 1.78. The van der Waals surface area contributed by atoms with E-state index >= 15 is 0 Å². The summed E-state index contributed by atoms with van der Waals surface area (Å²) in [5.41, 5.74) is 0.458. The molecule has 0 aliphatic carbocycles. The lowest BCUT2D eigenvalue weighted by Crippen LogP contribution is -2.23. The highest BCUT2D eigenvalue weighted by molar-refractivity contribution is 5.96. The number of alkyl halides is 1. The fourth-order valence-electron chi connectivity index (χ4n) is 0.689. The maximum absolute atomic E-state index is 12.6. The van der Waals surface area contributed by atoms with E-state index < -0.39 is 12.4 Å². The molecule has 4 heteroatoms. The highest BCUT2D eigenvalue weighted by Crippen LogP contribution is 2.16. The number of rotatable bonds is 0. The van der Waals surface area contributed by atoms with Crippen molar-refractivity contribution in [3.8, 4) is 0 Å². The van der Waals surface area contributed by atoms with Crippen molar-refractivity contribution in [3.05, 3.63) is 0 Å². The van der Waals surface area contributed by atoms with E-state index in [4.69, 9.17) is 0 Å². The maximum Gasteiger partial charge on any atom is 0.306 e. The van der Waals surface area contributed by atoms with Crippen molar-refractivity contribution in [2.45, 2.75) is 20.1 Å². The van der Waals surface area contributed by atoms with Gasteiger partial charge in [-0.25, -0.2) is 14.4 Å². The van der Waals surface area contributed by atoms with Gasteiger partial charge in [-0.1, -0.05) is 6.92 Å². The maximum atomic E-state index is 12.6. The van der Waals surface area contributed by atoms with E-state index in [-0.39, 0.29) is 5.92 Å². The molecule has 0 radical (unpaired) electrons. The molecule has 0 aromatic carbocycles. The lowest BCUT2D eigenvalue weighted by Gasteiger charge is -2.15. The first kappa shape index (κ1) is 7.31. The van der Waals surface area contributed by atoms with Crippen LogP contribution in [0.5, 0.6) is 0 Å². The lowest BCUT2D eigenvalue weighted by molar-refractivity contribution is 0.292. The predicted octanol–water partition coefficient (Wildman–Crippen LogP) is 1.72. The second kappa shape index (κ2) is 2.44. The van der Waals surface area contributed by atoms with Crippen molar-refractivity contribution in [1.29, 1.82) is 0 Å². The molecule has 10 heavy (non-hydrogen) atoms. The molecule has 0 saturated carbocycles. The Hall–Kier alpha value is -0.800. The van der Waals surface area contributed by atoms with E-state index in [9.17, 15) is 8.78 Å². The van der Waals surface area contributed by atoms with Gasteiger partial charge in [-0.3, -0.25) is 0 Å². The zero-order valence-corrected chi connectivity index (χ0v) is 5.81. The van der Waals surface area contributed by atoms with Crippen molar-refractivity contribution < 1.29 is 8.78 Å². The van der Waals surface area contributed by atoms with Gasteiger partial charge in [-0.05, 0) is 6.92 Å². The first-order valence-electron chi connectivity index (χ1n) is 3.04. The number of halogens is 2. The van der Waals surface area contributed by atoms with E-state index in [0.717, 1.165) is 0 Å². The summed E-state index contributed by atoms with van der Waals surface area (Å²) in [7, 11) is 0. The minimum absolute atomic E-state index is 0.389. The molecule has 1 rings (SSSR count). The average molecular weight is 146 g/mol. The number of nitrogens with zero attached hydrogens (tertiary/aromatic N) is 2. The standard InChI is InChI=1S/C6H8F2N2/c1-3-4(2)9-6(8)10-5(3)7/h3,5H,1-2H3. The van der Waals surface area contributed by atoms with Crippen molar-refractivity contribution in [3.63, 3.8) is 0 Å². The Morgan fingerprint density at radius 3 is 2.60 bits per heavy atom. The SMILES string of the molecule is CC1=NC(F)=NC(F)C1C. The molecule has 2 nitrogen and oxygen atoms in total. The van der Waals surface area contributed by atoms with Gasteiger partial charge in [0.05, 0.1) is 0 Å². The van der Waals surface area contributed by atoms with E-state index in [2.05, 4.69) is 9.98 Å². The van der Waals surface area contributed by atoms with Crippen LogP contribution in [0.25, 0.3) is 0 Å². The smallest absolute Gasteiger partial charge is 0.221 e. The number of aliphatic imine (C=N–C) groups is 2. The van der Waals surface area contributed by atoms with E-state index in [1.54, 1.807) is 13.8 Å². The second-order valence-corrected chi connectivity index (χ2v) is 2.31. The fourth-order valence-corrected chi connectivity index (χ4v) is 0.689. The molecular formula is C6H8F2N2. The third-order valence-electron chi connectivity index (χ3n) is 1.57. The first-order chi connectivity index (χ1) is 4.61. The van der Waals surface area contributed by atoms with Crippen LogP contribution in [-0.2, 0) is 0 Å². The highest BCUT2D eigenvalue weighted by atomic mass is 19.1. The Morgan fingerprint density at radius 1 is 1.50 bits per heavy atom. The van der Waals surface area contributed by atoms with Gasteiger partial charge in [0.15, 0.2) is 0 Å². The van der Waals surface area contributed by atoms with Gasteiger partial charge < -0.3 is 0 Å². The summed E-state index contributed by atoms with van der Waals surface area (Å²) in [6.07, 6.45) is -2.42. The quantitative estimate of drug-likeness (QED) is 0.465. The Bertz CT molecular complexity index is 198. The van der Waals surface area contributed by atoms with Gasteiger partial charge in [0.2, 0.25) is 6.30 Å². The van der Waals surface area contributed by atoms with Gasteiger partial charge in [0.25, 0.3) is 0 Å². The summed E-state index contributed by atoms with van der Waals surface area (Å²) in [6, 6.07) is 0. The largest absolute Gasteiger partial charge is 0.306 e. The van der Waals surface area contributed by atoms with E-state index in [1.807, 2.05) is 0 Å². The Morgan fingerprint density at radius 2 is 2.10 bits per heavy atom. The predicted molar refractivity (Wildman–Crippen MR) is 35.7 cm³/mol. The molecule has 0 fully saturated rings. The molecule has 0 N–H and O–H groups in total. The summed E-state index contributed by atoms with van der Waals surface area (Å²) >= 11 is 0. The molecule has 2 atom stereocenters. The zero-order chi connectivity index (χ0) is 7.72. The molecule has 0 amide bonds. The molecule has 1 heterocycles. The topological polar surface area (TPSA) is 24.7 Å². The van der Waals surface area contributed by atoms with Crippen molar-refractivity contribution in [2.24, 2.45) is 15.9 Å². The molecule has 0 spiro atoms. The van der Waals surface area contributed by atoms with Crippen LogP contribution in [0.1, 0.15) is 13.8 Å². The monoisotopic (exact) mass is 146 g/mol. The van der Waals surface area contributed by atoms with Crippen LogP contribution in [0.4, 0.5) is 8.78 Å². The summed E-state index contributed by atoms with van der Waals surface area (Å²) in [5, 5.41) is 0. The third-order valence-corrected chi connectivity index (χ3v) is 1.57. The second-order valence-electron chi connectivity index (χ2n) is 2.31. The molecule has 0 bridgehead atoms. The summed E-state index contributed by atoms with van der Waals surface area (Å²) < 4.78 is 24.7. The van der Waals surface area contributed by atoms with Gasteiger partial charge >= 0.3 is 6.09 Å². The van der Waals surface area contributed by atoms with Crippen LogP contribution in [-0.4, -0.2) is 18.1 Å². The van der Waals surface area contributed by atoms with Crippen LogP contribution in [0.3, 0.4) is 0 Å². The number of hydrogen-bond donors (Lipinski definition) is 0. The van der Waals surface area contributed by atoms with E-state index in [1.165, 1.54) is 0 Å². The number of hydrogen-bond acceptors (Lipinski definition) is 2. The van der Waals surface area contributed by atoms with Crippen molar-refractivity contribution >= 4 is 11.8 Å². The molecule has 0 aromatic rings. The summed E-state index contributed by atoms with van der Waals surface area (Å²) in [6.45, 7) is 3.21. The van der Waals surface area contributed by atoms with Crippen LogP contribution >= 0.6 is 0 Å². The summed E-state index contributed by atoms with van der Waals surface area (Å²) in [5.74, 6) is -0.389. The van der Waals surface area contributed by atoms with Gasteiger partial charge in [-0.15, -0.1) is 0 Å². The minimum atomic E-state index is -1.46. The molecule has 0 saturated heterocycles. The third kappa shape index (κ3) is 1.20.